The van der Waals surface area contributed by atoms with Gasteiger partial charge in [0.2, 0.25) is 0 Å². The predicted molar refractivity (Wildman–Crippen MR) is 84.4 cm³/mol. The van der Waals surface area contributed by atoms with E-state index in [2.05, 4.69) is 19.1 Å². The molecule has 0 bridgehead atoms. The molecule has 2 fully saturated rings. The van der Waals surface area contributed by atoms with Crippen molar-refractivity contribution in [1.82, 2.24) is 0 Å². The summed E-state index contributed by atoms with van der Waals surface area (Å²) in [5.41, 5.74) is 1.23. The average Bonchev–Trinajstić information content (AvgIpc) is 2.82. The molecule has 0 aromatic carbocycles. The number of aliphatic hydroxyl groups is 1. The van der Waals surface area contributed by atoms with E-state index in [1.165, 1.54) is 44.9 Å². The first-order valence-electron chi connectivity index (χ1n) is 8.94. The van der Waals surface area contributed by atoms with Crippen molar-refractivity contribution in [2.75, 3.05) is 0 Å². The lowest BCUT2D eigenvalue weighted by atomic mass is 9.56. The Kier molecular flexibility index (Phi) is 4.41. The molecule has 3 aliphatic rings. The minimum atomic E-state index is -0.0613. The molecule has 0 amide bonds. The molecule has 3 aliphatic carbocycles. The zero-order valence-electron chi connectivity index (χ0n) is 13.4. The van der Waals surface area contributed by atoms with Crippen LogP contribution in [-0.4, -0.2) is 11.2 Å². The summed E-state index contributed by atoms with van der Waals surface area (Å²) in [5, 5.41) is 19.4. The van der Waals surface area contributed by atoms with Gasteiger partial charge in [-0.15, -0.1) is 0 Å². The van der Waals surface area contributed by atoms with E-state index in [0.29, 0.717) is 5.92 Å². The summed E-state index contributed by atoms with van der Waals surface area (Å²) in [7, 11) is 0. The molecule has 2 nitrogen and oxygen atoms in total. The molecule has 1 N–H and O–H groups in total. The maximum Gasteiger partial charge on any atom is 0.0949 e. The van der Waals surface area contributed by atoms with Crippen LogP contribution in [0.5, 0.6) is 0 Å². The first-order valence-corrected chi connectivity index (χ1v) is 8.94. The molecule has 2 heteroatoms. The number of rotatable bonds is 0. The number of fused-ring (bicyclic) bond motifs is 3. The molecule has 0 aromatic rings. The fourth-order valence-corrected chi connectivity index (χ4v) is 5.42. The van der Waals surface area contributed by atoms with Crippen LogP contribution in [-0.2, 0) is 0 Å². The Morgan fingerprint density at radius 2 is 1.90 bits per heavy atom. The molecule has 0 heterocycles. The highest BCUT2D eigenvalue weighted by molar-refractivity contribution is 5.35. The van der Waals surface area contributed by atoms with Gasteiger partial charge in [0.1, 0.15) is 0 Å². The van der Waals surface area contributed by atoms with Crippen LogP contribution >= 0.6 is 0 Å². The average molecular weight is 287 g/mol. The maximum atomic E-state index is 9.94. The van der Waals surface area contributed by atoms with Gasteiger partial charge in [-0.05, 0) is 56.3 Å². The second-order valence-corrected chi connectivity index (χ2v) is 7.82. The zero-order valence-corrected chi connectivity index (χ0v) is 13.4. The monoisotopic (exact) mass is 287 g/mol. The third-order valence-corrected chi connectivity index (χ3v) is 6.72. The molecule has 21 heavy (non-hydrogen) atoms. The Hall–Kier alpha value is -0.810. The van der Waals surface area contributed by atoms with Crippen LogP contribution in [0.15, 0.2) is 11.6 Å². The SMILES string of the molecule is C[C@@]12CCC3CCCC(O)CCCC[C@@H]3C1CC=C2C#N. The van der Waals surface area contributed by atoms with Gasteiger partial charge in [-0.3, -0.25) is 0 Å². The molecule has 3 rings (SSSR count). The first kappa shape index (κ1) is 15.1. The van der Waals surface area contributed by atoms with Crippen LogP contribution in [0.1, 0.15) is 71.1 Å². The largest absolute Gasteiger partial charge is 0.393 e. The second-order valence-electron chi connectivity index (χ2n) is 7.82. The van der Waals surface area contributed by atoms with E-state index in [9.17, 15) is 10.4 Å². The molecule has 3 unspecified atom stereocenters. The van der Waals surface area contributed by atoms with Crippen LogP contribution in [0.25, 0.3) is 0 Å². The highest BCUT2D eigenvalue weighted by atomic mass is 16.3. The van der Waals surface area contributed by atoms with Gasteiger partial charge in [-0.25, -0.2) is 0 Å². The van der Waals surface area contributed by atoms with Crippen molar-refractivity contribution in [3.8, 4) is 6.07 Å². The van der Waals surface area contributed by atoms with Gasteiger partial charge in [-0.2, -0.15) is 5.26 Å². The zero-order chi connectivity index (χ0) is 14.9. The van der Waals surface area contributed by atoms with E-state index in [1.807, 2.05) is 0 Å². The number of hydrogen-bond donors (Lipinski definition) is 1. The Bertz CT molecular complexity index is 449. The van der Waals surface area contributed by atoms with Gasteiger partial charge in [0.05, 0.1) is 12.2 Å². The lowest BCUT2D eigenvalue weighted by Gasteiger charge is -2.47. The Balaban J connectivity index is 1.75. The molecule has 0 aromatic heterocycles. The number of hydrogen-bond acceptors (Lipinski definition) is 2. The number of nitriles is 1. The number of allylic oxidation sites excluding steroid dienone is 2. The molecule has 0 radical (unpaired) electrons. The predicted octanol–water partition coefficient (Wildman–Crippen LogP) is 4.59. The van der Waals surface area contributed by atoms with Crippen LogP contribution in [0.2, 0.25) is 0 Å². The molecule has 2 saturated carbocycles. The van der Waals surface area contributed by atoms with E-state index >= 15 is 0 Å². The topological polar surface area (TPSA) is 44.0 Å². The Morgan fingerprint density at radius 1 is 1.14 bits per heavy atom. The molecule has 5 atom stereocenters. The summed E-state index contributed by atoms with van der Waals surface area (Å²) < 4.78 is 0. The minimum absolute atomic E-state index is 0.0613. The van der Waals surface area contributed by atoms with E-state index in [1.54, 1.807) is 0 Å². The molecule has 0 spiro atoms. The van der Waals surface area contributed by atoms with Crippen molar-refractivity contribution in [1.29, 1.82) is 5.26 Å². The molecular formula is C19H29NO. The summed E-state index contributed by atoms with van der Waals surface area (Å²) in [5.74, 6) is 2.34. The van der Waals surface area contributed by atoms with Gasteiger partial charge in [0.15, 0.2) is 0 Å². The number of aliphatic hydroxyl groups excluding tert-OH is 1. The Labute approximate surface area is 129 Å². The van der Waals surface area contributed by atoms with E-state index < -0.39 is 0 Å². The van der Waals surface area contributed by atoms with Gasteiger partial charge in [-0.1, -0.05) is 38.7 Å². The molecular weight excluding hydrogens is 258 g/mol. The third kappa shape index (κ3) is 2.78. The summed E-state index contributed by atoms with van der Waals surface area (Å²) in [6, 6.07) is 2.48. The van der Waals surface area contributed by atoms with Gasteiger partial charge in [0, 0.05) is 11.0 Å². The Morgan fingerprint density at radius 3 is 2.71 bits per heavy atom. The van der Waals surface area contributed by atoms with Gasteiger partial charge >= 0.3 is 0 Å². The fraction of sp³-hybridized carbons (Fsp3) is 0.842. The van der Waals surface area contributed by atoms with Gasteiger partial charge < -0.3 is 5.11 Å². The summed E-state index contributed by atoms with van der Waals surface area (Å²) >= 11 is 0. The molecule has 0 saturated heterocycles. The normalized spacial score (nSPS) is 44.1. The van der Waals surface area contributed by atoms with Crippen molar-refractivity contribution >= 4 is 0 Å². The van der Waals surface area contributed by atoms with Crippen molar-refractivity contribution in [2.45, 2.75) is 77.2 Å². The third-order valence-electron chi connectivity index (χ3n) is 6.72. The van der Waals surface area contributed by atoms with Crippen LogP contribution in [0.4, 0.5) is 0 Å². The maximum absolute atomic E-state index is 9.94. The highest BCUT2D eigenvalue weighted by Gasteiger charge is 2.50. The minimum Gasteiger partial charge on any atom is -0.393 e. The smallest absolute Gasteiger partial charge is 0.0949 e. The highest BCUT2D eigenvalue weighted by Crippen LogP contribution is 2.58. The summed E-state index contributed by atoms with van der Waals surface area (Å²) in [4.78, 5) is 0. The molecule has 116 valence electrons. The molecule has 0 aliphatic heterocycles. The first-order chi connectivity index (χ1) is 10.1. The van der Waals surface area contributed by atoms with Crippen molar-refractivity contribution < 1.29 is 5.11 Å². The van der Waals surface area contributed by atoms with E-state index in [0.717, 1.165) is 36.7 Å². The lowest BCUT2D eigenvalue weighted by Crippen LogP contribution is -2.40. The summed E-state index contributed by atoms with van der Waals surface area (Å²) in [6.07, 6.45) is 14.0. The summed E-state index contributed by atoms with van der Waals surface area (Å²) in [6.45, 7) is 2.35. The quantitative estimate of drug-likeness (QED) is 0.708. The van der Waals surface area contributed by atoms with E-state index in [4.69, 9.17) is 0 Å². The van der Waals surface area contributed by atoms with Crippen LogP contribution < -0.4 is 0 Å². The van der Waals surface area contributed by atoms with Crippen molar-refractivity contribution in [3.05, 3.63) is 11.6 Å². The van der Waals surface area contributed by atoms with Crippen LogP contribution in [0.3, 0.4) is 0 Å². The van der Waals surface area contributed by atoms with E-state index in [-0.39, 0.29) is 11.5 Å². The van der Waals surface area contributed by atoms with Crippen molar-refractivity contribution in [2.24, 2.45) is 23.2 Å². The fourth-order valence-electron chi connectivity index (χ4n) is 5.42. The number of nitrogens with zero attached hydrogens (tertiary/aromatic N) is 1. The lowest BCUT2D eigenvalue weighted by molar-refractivity contribution is 0.0371. The van der Waals surface area contributed by atoms with Crippen LogP contribution in [0, 0.1) is 34.5 Å². The van der Waals surface area contributed by atoms with Gasteiger partial charge in [0.25, 0.3) is 0 Å². The standard InChI is InChI=1S/C19H29NO/c1-19-12-11-14-5-4-7-16(21)6-2-3-8-17(14)18(19)10-9-15(19)13-20/h9,14,16-18,21H,2-8,10-12H2,1H3/t14?,16?,17-,18?,19-/m0/s1. The second kappa shape index (κ2) is 6.13. The van der Waals surface area contributed by atoms with Crippen molar-refractivity contribution in [3.63, 3.8) is 0 Å².